The molecule has 88 valence electrons. The van der Waals surface area contributed by atoms with Crippen LogP contribution in [0.5, 0.6) is 0 Å². The maximum atomic E-state index is 10.7. The Morgan fingerprint density at radius 1 is 1.41 bits per heavy atom. The molecule has 0 N–H and O–H groups in total. The lowest BCUT2D eigenvalue weighted by Gasteiger charge is -1.94. The number of hydrogen-bond acceptors (Lipinski definition) is 4. The first-order valence-corrected chi connectivity index (χ1v) is 5.41. The van der Waals surface area contributed by atoms with Crippen LogP contribution in [0.1, 0.15) is 19.1 Å². The lowest BCUT2D eigenvalue weighted by molar-refractivity contribution is -0.384. The van der Waals surface area contributed by atoms with Gasteiger partial charge < -0.3 is 4.52 Å². The highest BCUT2D eigenvalue weighted by Gasteiger charge is 2.10. The van der Waals surface area contributed by atoms with E-state index in [-0.39, 0.29) is 5.69 Å². The second kappa shape index (κ2) is 4.78. The molecule has 0 aliphatic rings. The molecule has 0 bridgehead atoms. The number of benzene rings is 1. The summed E-state index contributed by atoms with van der Waals surface area (Å²) in [5, 5.41) is 14.6. The van der Waals surface area contributed by atoms with Gasteiger partial charge in [-0.2, -0.15) is 0 Å². The predicted octanol–water partition coefficient (Wildman–Crippen LogP) is 3.20. The van der Waals surface area contributed by atoms with Crippen LogP contribution in [0.4, 0.5) is 5.69 Å². The van der Waals surface area contributed by atoms with Crippen LogP contribution < -0.4 is 0 Å². The van der Waals surface area contributed by atoms with Crippen molar-refractivity contribution in [3.8, 4) is 11.3 Å². The minimum atomic E-state index is -0.420. The number of hydrogen-bond donors (Lipinski definition) is 0. The van der Waals surface area contributed by atoms with E-state index in [4.69, 9.17) is 4.52 Å². The van der Waals surface area contributed by atoms with Crippen molar-refractivity contribution in [1.29, 1.82) is 0 Å². The largest absolute Gasteiger partial charge is 0.361 e. The molecular weight excluding hydrogens is 220 g/mol. The van der Waals surface area contributed by atoms with Crippen LogP contribution in [-0.2, 0) is 6.42 Å². The lowest BCUT2D eigenvalue weighted by atomic mass is 10.1. The molecule has 1 aromatic heterocycles. The van der Waals surface area contributed by atoms with Crippen molar-refractivity contribution in [2.45, 2.75) is 19.8 Å². The zero-order valence-electron chi connectivity index (χ0n) is 9.42. The molecule has 2 rings (SSSR count). The van der Waals surface area contributed by atoms with Crippen LogP contribution in [0, 0.1) is 10.1 Å². The highest BCUT2D eigenvalue weighted by Crippen LogP contribution is 2.23. The summed E-state index contributed by atoms with van der Waals surface area (Å²) in [4.78, 5) is 10.2. The molecule has 0 amide bonds. The highest BCUT2D eigenvalue weighted by molar-refractivity contribution is 5.62. The molecule has 0 saturated carbocycles. The average Bonchev–Trinajstić information content (AvgIpc) is 2.78. The first-order valence-electron chi connectivity index (χ1n) is 5.41. The Hall–Kier alpha value is -2.17. The Morgan fingerprint density at radius 3 is 2.94 bits per heavy atom. The second-order valence-electron chi connectivity index (χ2n) is 3.74. The molecule has 1 aromatic carbocycles. The monoisotopic (exact) mass is 232 g/mol. The standard InChI is InChI=1S/C12H12N2O3/c1-2-4-11-8-12(13-17-11)9-5-3-6-10(7-9)14(15)16/h3,5-8H,2,4H2,1H3. The summed E-state index contributed by atoms with van der Waals surface area (Å²) in [5.74, 6) is 0.800. The van der Waals surface area contributed by atoms with Crippen LogP contribution in [0.2, 0.25) is 0 Å². The number of rotatable bonds is 4. The number of aryl methyl sites for hydroxylation is 1. The van der Waals surface area contributed by atoms with Gasteiger partial charge in [-0.1, -0.05) is 24.2 Å². The third-order valence-corrected chi connectivity index (χ3v) is 2.41. The number of nitrogens with zero attached hydrogens (tertiary/aromatic N) is 2. The summed E-state index contributed by atoms with van der Waals surface area (Å²) in [6.45, 7) is 2.05. The van der Waals surface area contributed by atoms with E-state index in [1.54, 1.807) is 12.1 Å². The summed E-state index contributed by atoms with van der Waals surface area (Å²) in [6, 6.07) is 8.19. The molecule has 5 heteroatoms. The molecule has 0 radical (unpaired) electrons. The van der Waals surface area contributed by atoms with Crippen molar-refractivity contribution in [2.75, 3.05) is 0 Å². The van der Waals surface area contributed by atoms with Gasteiger partial charge in [-0.3, -0.25) is 10.1 Å². The molecule has 0 unspecified atom stereocenters. The molecule has 17 heavy (non-hydrogen) atoms. The van der Waals surface area contributed by atoms with Gasteiger partial charge in [0.15, 0.2) is 0 Å². The van der Waals surface area contributed by atoms with Crippen molar-refractivity contribution in [1.82, 2.24) is 5.16 Å². The van der Waals surface area contributed by atoms with Crippen molar-refractivity contribution in [3.05, 3.63) is 46.2 Å². The van der Waals surface area contributed by atoms with Crippen LogP contribution in [-0.4, -0.2) is 10.1 Å². The van der Waals surface area contributed by atoms with Crippen LogP contribution in [0.15, 0.2) is 34.9 Å². The summed E-state index contributed by atoms with van der Waals surface area (Å²) < 4.78 is 5.14. The Labute approximate surface area is 98.2 Å². The Kier molecular flexibility index (Phi) is 3.18. The van der Waals surface area contributed by atoms with Crippen molar-refractivity contribution >= 4 is 5.69 Å². The van der Waals surface area contributed by atoms with Gasteiger partial charge in [0.1, 0.15) is 11.5 Å². The number of nitro benzene ring substituents is 1. The number of nitro groups is 1. The van der Waals surface area contributed by atoms with Gasteiger partial charge in [-0.05, 0) is 6.42 Å². The quantitative estimate of drug-likeness (QED) is 0.599. The average molecular weight is 232 g/mol. The summed E-state index contributed by atoms with van der Waals surface area (Å²) >= 11 is 0. The SMILES string of the molecule is CCCc1cc(-c2cccc([N+](=O)[O-])c2)no1. The van der Waals surface area contributed by atoms with E-state index in [0.29, 0.717) is 11.3 Å². The van der Waals surface area contributed by atoms with E-state index >= 15 is 0 Å². The van der Waals surface area contributed by atoms with Crippen LogP contribution in [0.25, 0.3) is 11.3 Å². The first kappa shape index (κ1) is 11.3. The minimum Gasteiger partial charge on any atom is -0.361 e. The predicted molar refractivity (Wildman–Crippen MR) is 62.6 cm³/mol. The fourth-order valence-corrected chi connectivity index (χ4v) is 1.59. The Morgan fingerprint density at radius 2 is 2.24 bits per heavy atom. The molecule has 5 nitrogen and oxygen atoms in total. The van der Waals surface area contributed by atoms with E-state index in [1.165, 1.54) is 12.1 Å². The highest BCUT2D eigenvalue weighted by atomic mass is 16.6. The molecule has 0 fully saturated rings. The van der Waals surface area contributed by atoms with E-state index in [0.717, 1.165) is 18.6 Å². The molecule has 2 aromatic rings. The van der Waals surface area contributed by atoms with Crippen molar-refractivity contribution in [3.63, 3.8) is 0 Å². The molecule has 0 spiro atoms. The molecule has 0 aliphatic heterocycles. The normalized spacial score (nSPS) is 10.4. The maximum absolute atomic E-state index is 10.7. The zero-order chi connectivity index (χ0) is 12.3. The summed E-state index contributed by atoms with van der Waals surface area (Å²) in [5.41, 5.74) is 1.39. The number of non-ortho nitro benzene ring substituents is 1. The smallest absolute Gasteiger partial charge is 0.270 e. The number of aromatic nitrogens is 1. The fourth-order valence-electron chi connectivity index (χ4n) is 1.59. The third-order valence-electron chi connectivity index (χ3n) is 2.41. The van der Waals surface area contributed by atoms with Gasteiger partial charge in [0, 0.05) is 30.2 Å². The van der Waals surface area contributed by atoms with Gasteiger partial charge in [-0.15, -0.1) is 0 Å². The van der Waals surface area contributed by atoms with E-state index < -0.39 is 4.92 Å². The summed E-state index contributed by atoms with van der Waals surface area (Å²) in [7, 11) is 0. The molecule has 0 atom stereocenters. The lowest BCUT2D eigenvalue weighted by Crippen LogP contribution is -1.87. The van der Waals surface area contributed by atoms with Gasteiger partial charge in [-0.25, -0.2) is 0 Å². The maximum Gasteiger partial charge on any atom is 0.270 e. The van der Waals surface area contributed by atoms with Crippen LogP contribution >= 0.6 is 0 Å². The van der Waals surface area contributed by atoms with Gasteiger partial charge in [0.25, 0.3) is 5.69 Å². The molecular formula is C12H12N2O3. The molecule has 0 saturated heterocycles. The molecule has 1 heterocycles. The third kappa shape index (κ3) is 2.50. The van der Waals surface area contributed by atoms with E-state index in [1.807, 2.05) is 6.07 Å². The topological polar surface area (TPSA) is 69.2 Å². The van der Waals surface area contributed by atoms with E-state index in [2.05, 4.69) is 12.1 Å². The van der Waals surface area contributed by atoms with E-state index in [9.17, 15) is 10.1 Å². The minimum absolute atomic E-state index is 0.0579. The summed E-state index contributed by atoms with van der Waals surface area (Å²) in [6.07, 6.45) is 1.80. The van der Waals surface area contributed by atoms with Crippen molar-refractivity contribution in [2.24, 2.45) is 0 Å². The molecule has 0 aliphatic carbocycles. The Balaban J connectivity index is 2.32. The zero-order valence-corrected chi connectivity index (χ0v) is 9.42. The first-order chi connectivity index (χ1) is 8.20. The van der Waals surface area contributed by atoms with Gasteiger partial charge in [0.05, 0.1) is 4.92 Å². The van der Waals surface area contributed by atoms with Gasteiger partial charge in [0.2, 0.25) is 0 Å². The van der Waals surface area contributed by atoms with Crippen LogP contribution in [0.3, 0.4) is 0 Å². The second-order valence-corrected chi connectivity index (χ2v) is 3.74. The Bertz CT molecular complexity index is 534. The fraction of sp³-hybridized carbons (Fsp3) is 0.250. The van der Waals surface area contributed by atoms with Gasteiger partial charge >= 0.3 is 0 Å². The van der Waals surface area contributed by atoms with Crippen molar-refractivity contribution < 1.29 is 9.45 Å².